The number of hydrogen-bond donors (Lipinski definition) is 1. The molecule has 0 aromatic carbocycles. The number of carbonyl (C=O) groups excluding carboxylic acids is 3. The first-order valence-corrected chi connectivity index (χ1v) is 10.5. The van der Waals surface area contributed by atoms with E-state index in [4.69, 9.17) is 9.15 Å². The molecule has 1 unspecified atom stereocenters. The number of ketones is 1. The van der Waals surface area contributed by atoms with Crippen LogP contribution in [0.1, 0.15) is 42.6 Å². The van der Waals surface area contributed by atoms with Gasteiger partial charge in [-0.05, 0) is 37.4 Å². The number of hydrogen-bond acceptors (Lipinski definition) is 9. The van der Waals surface area contributed by atoms with Crippen LogP contribution in [-0.4, -0.2) is 34.9 Å². The number of ether oxygens (including phenoxy) is 1. The molecule has 1 aliphatic heterocycles. The second-order valence-corrected chi connectivity index (χ2v) is 8.42. The van der Waals surface area contributed by atoms with E-state index >= 15 is 0 Å². The minimum absolute atomic E-state index is 0.0933. The summed E-state index contributed by atoms with van der Waals surface area (Å²) in [6.45, 7) is 3.35. The number of rotatable bonds is 5. The van der Waals surface area contributed by atoms with Crippen molar-refractivity contribution >= 4 is 45.5 Å². The van der Waals surface area contributed by atoms with Crippen LogP contribution in [-0.2, 0) is 9.53 Å². The summed E-state index contributed by atoms with van der Waals surface area (Å²) in [5.41, 5.74) is 0.283. The van der Waals surface area contributed by atoms with Crippen LogP contribution in [0.25, 0.3) is 0 Å². The van der Waals surface area contributed by atoms with Gasteiger partial charge in [0, 0.05) is 0 Å². The Morgan fingerprint density at radius 1 is 1.27 bits per heavy atom. The Balaban J connectivity index is 1.86. The van der Waals surface area contributed by atoms with Crippen molar-refractivity contribution < 1.29 is 28.6 Å². The molecule has 0 bridgehead atoms. The van der Waals surface area contributed by atoms with Gasteiger partial charge in [-0.2, -0.15) is 0 Å². The summed E-state index contributed by atoms with van der Waals surface area (Å²) in [4.78, 5) is 44.3. The van der Waals surface area contributed by atoms with Gasteiger partial charge in [0.15, 0.2) is 10.9 Å². The maximum absolute atomic E-state index is 13.1. The van der Waals surface area contributed by atoms with Crippen molar-refractivity contribution in [3.05, 3.63) is 67.9 Å². The number of aliphatic hydroxyl groups is 1. The maximum atomic E-state index is 13.1. The minimum atomic E-state index is -1.02. The standard InChI is InChI=1S/C20H16N2O6S2/c1-9-6-7-11(28-9)14-13(15(23)12-5-4-8-29-12)16(24)18(25)22(14)20-21-10(2)17(30-20)19(26)27-3/h4-8,14,24H,1-3H3. The number of methoxy groups -OCH3 is 1. The van der Waals surface area contributed by atoms with E-state index in [-0.39, 0.29) is 15.6 Å². The van der Waals surface area contributed by atoms with Crippen molar-refractivity contribution in [1.82, 2.24) is 4.98 Å². The van der Waals surface area contributed by atoms with Crippen molar-refractivity contribution in [2.45, 2.75) is 19.9 Å². The number of amides is 1. The zero-order valence-electron chi connectivity index (χ0n) is 16.2. The number of thiazole rings is 1. The first-order chi connectivity index (χ1) is 14.3. The van der Waals surface area contributed by atoms with Crippen LogP contribution in [0.3, 0.4) is 0 Å². The molecule has 8 nitrogen and oxygen atoms in total. The molecule has 1 N–H and O–H groups in total. The van der Waals surface area contributed by atoms with Gasteiger partial charge in [0.25, 0.3) is 5.91 Å². The van der Waals surface area contributed by atoms with Gasteiger partial charge in [-0.3, -0.25) is 14.5 Å². The molecule has 10 heteroatoms. The van der Waals surface area contributed by atoms with Crippen LogP contribution in [0.4, 0.5) is 5.13 Å². The lowest BCUT2D eigenvalue weighted by Crippen LogP contribution is -2.30. The summed E-state index contributed by atoms with van der Waals surface area (Å²) in [7, 11) is 1.25. The van der Waals surface area contributed by atoms with E-state index in [1.165, 1.54) is 23.3 Å². The topological polar surface area (TPSA) is 110 Å². The summed E-state index contributed by atoms with van der Waals surface area (Å²) >= 11 is 2.15. The van der Waals surface area contributed by atoms with Crippen molar-refractivity contribution in [2.75, 3.05) is 12.0 Å². The van der Waals surface area contributed by atoms with E-state index in [0.717, 1.165) is 11.3 Å². The summed E-state index contributed by atoms with van der Waals surface area (Å²) in [5.74, 6) is -1.63. The third kappa shape index (κ3) is 3.14. The third-order valence-electron chi connectivity index (χ3n) is 4.59. The molecule has 0 radical (unpaired) electrons. The number of nitrogens with zero attached hydrogens (tertiary/aromatic N) is 2. The fourth-order valence-electron chi connectivity index (χ4n) is 3.21. The monoisotopic (exact) mass is 444 g/mol. The van der Waals surface area contributed by atoms with Gasteiger partial charge in [-0.25, -0.2) is 9.78 Å². The Labute approximate surface area is 179 Å². The zero-order chi connectivity index (χ0) is 21.6. The molecule has 1 atom stereocenters. The number of Topliss-reactive ketones (excluding diaryl/α,β-unsaturated/α-hetero) is 1. The van der Waals surface area contributed by atoms with Crippen LogP contribution in [0.2, 0.25) is 0 Å². The van der Waals surface area contributed by atoms with E-state index in [0.29, 0.717) is 22.1 Å². The van der Waals surface area contributed by atoms with Gasteiger partial charge in [-0.1, -0.05) is 17.4 Å². The Hall–Kier alpha value is -3.24. The third-order valence-corrected chi connectivity index (χ3v) is 6.60. The summed E-state index contributed by atoms with van der Waals surface area (Å²) < 4.78 is 10.5. The van der Waals surface area contributed by atoms with Crippen LogP contribution < -0.4 is 4.90 Å². The summed E-state index contributed by atoms with van der Waals surface area (Å²) in [5, 5.41) is 12.5. The van der Waals surface area contributed by atoms with Gasteiger partial charge < -0.3 is 14.3 Å². The number of anilines is 1. The number of esters is 1. The molecule has 154 valence electrons. The first kappa shape index (κ1) is 20.0. The second kappa shape index (κ2) is 7.54. The number of thiophene rings is 1. The SMILES string of the molecule is COC(=O)c1sc(N2C(=O)C(O)=C(C(=O)c3cccs3)C2c2ccc(C)o2)nc1C. The second-order valence-electron chi connectivity index (χ2n) is 6.50. The quantitative estimate of drug-likeness (QED) is 0.468. The van der Waals surface area contributed by atoms with Gasteiger partial charge >= 0.3 is 5.97 Å². The van der Waals surface area contributed by atoms with E-state index < -0.39 is 29.5 Å². The molecule has 0 fully saturated rings. The highest BCUT2D eigenvalue weighted by atomic mass is 32.1. The molecule has 0 spiro atoms. The number of aromatic nitrogens is 1. The normalized spacial score (nSPS) is 16.4. The number of aliphatic hydroxyl groups excluding tert-OH is 1. The van der Waals surface area contributed by atoms with Crippen LogP contribution in [0.5, 0.6) is 0 Å². The average Bonchev–Trinajstić information content (AvgIpc) is 3.49. The van der Waals surface area contributed by atoms with Crippen LogP contribution >= 0.6 is 22.7 Å². The smallest absolute Gasteiger partial charge is 0.350 e. The maximum Gasteiger partial charge on any atom is 0.350 e. The Bertz CT molecular complexity index is 1190. The van der Waals surface area contributed by atoms with Crippen LogP contribution in [0, 0.1) is 13.8 Å². The molecule has 4 rings (SSSR count). The van der Waals surface area contributed by atoms with E-state index in [9.17, 15) is 19.5 Å². The molecule has 0 saturated heterocycles. The van der Waals surface area contributed by atoms with Crippen molar-refractivity contribution in [1.29, 1.82) is 0 Å². The van der Waals surface area contributed by atoms with Gasteiger partial charge in [0.05, 0.1) is 23.3 Å². The Morgan fingerprint density at radius 2 is 2.03 bits per heavy atom. The van der Waals surface area contributed by atoms with Crippen molar-refractivity contribution in [3.8, 4) is 0 Å². The predicted molar refractivity (Wildman–Crippen MR) is 110 cm³/mol. The molecule has 0 saturated carbocycles. The molecule has 1 amide bonds. The minimum Gasteiger partial charge on any atom is -0.503 e. The highest BCUT2D eigenvalue weighted by molar-refractivity contribution is 7.17. The number of aryl methyl sites for hydroxylation is 2. The predicted octanol–water partition coefficient (Wildman–Crippen LogP) is 3.98. The van der Waals surface area contributed by atoms with Crippen LogP contribution in [0.15, 0.2) is 45.4 Å². The molecule has 1 aliphatic rings. The highest BCUT2D eigenvalue weighted by Gasteiger charge is 2.47. The zero-order valence-corrected chi connectivity index (χ0v) is 17.8. The lowest BCUT2D eigenvalue weighted by molar-refractivity contribution is -0.117. The van der Waals surface area contributed by atoms with E-state index in [1.54, 1.807) is 43.5 Å². The van der Waals surface area contributed by atoms with Crippen molar-refractivity contribution in [2.24, 2.45) is 0 Å². The average molecular weight is 444 g/mol. The molecular formula is C20H16N2O6S2. The van der Waals surface area contributed by atoms with E-state index in [1.807, 2.05) is 0 Å². The lowest BCUT2D eigenvalue weighted by Gasteiger charge is -2.22. The fourth-order valence-corrected chi connectivity index (χ4v) is 4.90. The summed E-state index contributed by atoms with van der Waals surface area (Å²) in [6.07, 6.45) is 0. The first-order valence-electron chi connectivity index (χ1n) is 8.80. The largest absolute Gasteiger partial charge is 0.503 e. The summed E-state index contributed by atoms with van der Waals surface area (Å²) in [6, 6.07) is 5.66. The van der Waals surface area contributed by atoms with Gasteiger partial charge in [-0.15, -0.1) is 11.3 Å². The Morgan fingerprint density at radius 3 is 2.63 bits per heavy atom. The molecule has 3 aromatic heterocycles. The van der Waals surface area contributed by atoms with E-state index in [2.05, 4.69) is 4.98 Å². The van der Waals surface area contributed by atoms with Crippen molar-refractivity contribution in [3.63, 3.8) is 0 Å². The highest BCUT2D eigenvalue weighted by Crippen LogP contribution is 2.44. The molecule has 3 aromatic rings. The lowest BCUT2D eigenvalue weighted by atomic mass is 10.0. The Kier molecular flexibility index (Phi) is 5.04. The molecule has 4 heterocycles. The number of furan rings is 1. The molecule has 0 aliphatic carbocycles. The molecule has 30 heavy (non-hydrogen) atoms. The number of carbonyl (C=O) groups is 3. The fraction of sp³-hybridized carbons (Fsp3) is 0.200. The molecular weight excluding hydrogens is 428 g/mol. The van der Waals surface area contributed by atoms with Gasteiger partial charge in [0.1, 0.15) is 22.4 Å². The van der Waals surface area contributed by atoms with Gasteiger partial charge in [0.2, 0.25) is 5.78 Å².